The van der Waals surface area contributed by atoms with Gasteiger partial charge in [0.1, 0.15) is 20.4 Å². The van der Waals surface area contributed by atoms with Gasteiger partial charge in [-0.1, -0.05) is 11.6 Å². The predicted molar refractivity (Wildman–Crippen MR) is 122 cm³/mol. The normalized spacial score (nSPS) is 18.9. The number of carbonyl (C=O) groups is 1. The standard InChI is InChI=1S/C20H23ClF3N3O3S2/c1-26(2)19(28)14-10-17(31-18(14)21)32(4,29)25-12-5-6-15(20(22,23)24)16(9-12)30-13-7-8-27(3)11-13/h5-6,9-10,13H,4,7-8,11H2,1-3H3,(H,25,29)/t13-,32?/m1/s1. The Balaban J connectivity index is 1.90. The van der Waals surface area contributed by atoms with Crippen molar-refractivity contribution in [3.63, 3.8) is 0 Å². The summed E-state index contributed by atoms with van der Waals surface area (Å²) in [6.07, 6.45) is -4.38. The Hall–Kier alpha value is -1.95. The van der Waals surface area contributed by atoms with Crippen molar-refractivity contribution >= 4 is 50.1 Å². The van der Waals surface area contributed by atoms with Gasteiger partial charge in [0.05, 0.1) is 20.8 Å². The van der Waals surface area contributed by atoms with E-state index in [0.717, 1.165) is 23.9 Å². The van der Waals surface area contributed by atoms with Crippen LogP contribution in [-0.2, 0) is 15.9 Å². The molecular formula is C20H23ClF3N3O3S2. The van der Waals surface area contributed by atoms with E-state index in [9.17, 15) is 22.2 Å². The van der Waals surface area contributed by atoms with Crippen LogP contribution >= 0.6 is 22.9 Å². The lowest BCUT2D eigenvalue weighted by Gasteiger charge is -2.20. The number of thiophene rings is 1. The van der Waals surface area contributed by atoms with Crippen LogP contribution in [0.3, 0.4) is 0 Å². The minimum atomic E-state index is -4.60. The van der Waals surface area contributed by atoms with E-state index in [1.165, 1.54) is 23.1 Å². The minimum absolute atomic E-state index is 0.143. The molecule has 1 saturated heterocycles. The van der Waals surface area contributed by atoms with Crippen molar-refractivity contribution in [2.24, 2.45) is 0 Å². The number of halogens is 4. The number of hydrogen-bond acceptors (Lipinski definition) is 5. The van der Waals surface area contributed by atoms with Gasteiger partial charge in [-0.15, -0.1) is 11.3 Å². The Morgan fingerprint density at radius 1 is 1.38 bits per heavy atom. The molecule has 0 spiro atoms. The van der Waals surface area contributed by atoms with Crippen LogP contribution in [0, 0.1) is 0 Å². The van der Waals surface area contributed by atoms with E-state index in [0.29, 0.717) is 13.0 Å². The highest BCUT2D eigenvalue weighted by Gasteiger charge is 2.36. The molecule has 12 heteroatoms. The number of anilines is 1. The van der Waals surface area contributed by atoms with Crippen LogP contribution in [0.1, 0.15) is 22.3 Å². The van der Waals surface area contributed by atoms with Gasteiger partial charge < -0.3 is 19.3 Å². The number of benzene rings is 1. The SMILES string of the molecule is C=S(=O)(Nc1ccc(C(F)(F)F)c(O[C@@H]2CCN(C)C2)c1)c1cc(C(=O)N(C)C)c(Cl)s1. The van der Waals surface area contributed by atoms with Crippen LogP contribution in [0.4, 0.5) is 18.9 Å². The Morgan fingerprint density at radius 3 is 2.62 bits per heavy atom. The van der Waals surface area contributed by atoms with Crippen LogP contribution in [0.5, 0.6) is 5.75 Å². The lowest BCUT2D eigenvalue weighted by Crippen LogP contribution is -2.23. The largest absolute Gasteiger partial charge is 0.488 e. The molecule has 0 aliphatic carbocycles. The van der Waals surface area contributed by atoms with Gasteiger partial charge in [-0.3, -0.25) is 4.79 Å². The summed E-state index contributed by atoms with van der Waals surface area (Å²) in [5, 5.41) is 0. The van der Waals surface area contributed by atoms with E-state index in [4.69, 9.17) is 16.3 Å². The number of hydrogen-bond donors (Lipinski definition) is 1. The van der Waals surface area contributed by atoms with Crippen molar-refractivity contribution in [1.29, 1.82) is 0 Å². The number of ether oxygens (including phenoxy) is 1. The van der Waals surface area contributed by atoms with Gasteiger partial charge in [-0.25, -0.2) is 4.21 Å². The van der Waals surface area contributed by atoms with Gasteiger partial charge in [-0.05, 0) is 37.5 Å². The second-order valence-electron chi connectivity index (χ2n) is 7.73. The van der Waals surface area contributed by atoms with Crippen molar-refractivity contribution < 1.29 is 26.9 Å². The van der Waals surface area contributed by atoms with Crippen molar-refractivity contribution in [3.05, 3.63) is 39.7 Å². The summed E-state index contributed by atoms with van der Waals surface area (Å²) in [5.41, 5.74) is -0.591. The first-order chi connectivity index (χ1) is 14.8. The first-order valence-electron chi connectivity index (χ1n) is 9.50. The first kappa shape index (κ1) is 24.7. The monoisotopic (exact) mass is 509 g/mol. The van der Waals surface area contributed by atoms with E-state index >= 15 is 0 Å². The number of likely N-dealkylation sites (N-methyl/N-ethyl adjacent to an activating group) is 1. The zero-order valence-corrected chi connectivity index (χ0v) is 20.1. The smallest absolute Gasteiger partial charge is 0.419 e. The molecular weight excluding hydrogens is 487 g/mol. The maximum atomic E-state index is 13.5. The Morgan fingerprint density at radius 2 is 2.06 bits per heavy atom. The second kappa shape index (κ2) is 9.12. The molecule has 1 fully saturated rings. The van der Waals surface area contributed by atoms with E-state index in [1.54, 1.807) is 14.1 Å². The molecule has 1 unspecified atom stereocenters. The highest BCUT2D eigenvalue weighted by Crippen LogP contribution is 2.39. The average molecular weight is 510 g/mol. The van der Waals surface area contributed by atoms with Gasteiger partial charge in [0.15, 0.2) is 0 Å². The average Bonchev–Trinajstić information content (AvgIpc) is 3.25. The summed E-state index contributed by atoms with van der Waals surface area (Å²) >= 11 is 7.06. The Bertz CT molecular complexity index is 1120. The molecule has 2 heterocycles. The minimum Gasteiger partial charge on any atom is -0.488 e. The number of rotatable bonds is 6. The van der Waals surface area contributed by atoms with Crippen LogP contribution < -0.4 is 9.46 Å². The van der Waals surface area contributed by atoms with Crippen molar-refractivity contribution in [2.75, 3.05) is 39.0 Å². The number of carbonyl (C=O) groups excluding carboxylic acids is 1. The van der Waals surface area contributed by atoms with Crippen LogP contribution in [-0.4, -0.2) is 66.1 Å². The topological polar surface area (TPSA) is 61.9 Å². The maximum Gasteiger partial charge on any atom is 0.419 e. The van der Waals surface area contributed by atoms with Crippen LogP contribution in [0.2, 0.25) is 4.34 Å². The molecule has 2 aromatic rings. The molecule has 2 atom stereocenters. The van der Waals surface area contributed by atoms with Crippen molar-refractivity contribution in [1.82, 2.24) is 9.80 Å². The summed E-state index contributed by atoms with van der Waals surface area (Å²) in [5.74, 6) is 2.98. The van der Waals surface area contributed by atoms with E-state index in [-0.39, 0.29) is 37.6 Å². The van der Waals surface area contributed by atoms with E-state index in [1.807, 2.05) is 11.9 Å². The molecule has 176 valence electrons. The van der Waals surface area contributed by atoms with E-state index < -0.39 is 21.4 Å². The Kier molecular flexibility index (Phi) is 7.04. The molecule has 1 N–H and O–H groups in total. The zero-order valence-electron chi connectivity index (χ0n) is 17.7. The third-order valence-electron chi connectivity index (χ3n) is 4.84. The molecule has 0 bridgehead atoms. The van der Waals surface area contributed by atoms with Crippen LogP contribution in [0.25, 0.3) is 0 Å². The van der Waals surface area contributed by atoms with E-state index in [2.05, 4.69) is 10.6 Å². The first-order valence-corrected chi connectivity index (χ1v) is 12.4. The molecule has 3 rings (SSSR count). The molecule has 1 aliphatic heterocycles. The summed E-state index contributed by atoms with van der Waals surface area (Å²) in [4.78, 5) is 15.5. The fourth-order valence-corrected chi connectivity index (χ4v) is 6.19. The lowest BCUT2D eigenvalue weighted by molar-refractivity contribution is -0.139. The molecule has 6 nitrogen and oxygen atoms in total. The summed E-state index contributed by atoms with van der Waals surface area (Å²) < 4.78 is 62.4. The molecule has 1 aromatic carbocycles. The number of amides is 1. The quantitative estimate of drug-likeness (QED) is 0.590. The summed E-state index contributed by atoms with van der Waals surface area (Å²) in [6, 6.07) is 4.61. The highest BCUT2D eigenvalue weighted by molar-refractivity contribution is 8.03. The van der Waals surface area contributed by atoms with Gasteiger partial charge in [0.2, 0.25) is 0 Å². The lowest BCUT2D eigenvalue weighted by atomic mass is 10.1. The number of nitrogens with one attached hydrogen (secondary N) is 1. The van der Waals surface area contributed by atoms with Crippen molar-refractivity contribution in [3.8, 4) is 5.75 Å². The van der Waals surface area contributed by atoms with Crippen LogP contribution in [0.15, 0.2) is 28.5 Å². The summed E-state index contributed by atoms with van der Waals surface area (Å²) in [7, 11) is 1.77. The summed E-state index contributed by atoms with van der Waals surface area (Å²) in [6.45, 7) is 1.24. The van der Waals surface area contributed by atoms with Gasteiger partial charge >= 0.3 is 6.18 Å². The molecule has 0 radical (unpaired) electrons. The van der Waals surface area contributed by atoms with Gasteiger partial charge in [-0.2, -0.15) is 13.2 Å². The van der Waals surface area contributed by atoms with Gasteiger partial charge in [0.25, 0.3) is 5.91 Å². The third-order valence-corrected chi connectivity index (χ3v) is 8.38. The maximum absolute atomic E-state index is 13.5. The Labute approximate surface area is 194 Å². The highest BCUT2D eigenvalue weighted by atomic mass is 35.5. The number of likely N-dealkylation sites (tertiary alicyclic amines) is 1. The van der Waals surface area contributed by atoms with Crippen molar-refractivity contribution in [2.45, 2.75) is 22.9 Å². The molecule has 1 aliphatic rings. The molecule has 1 amide bonds. The molecule has 0 saturated carbocycles. The second-order valence-corrected chi connectivity index (χ2v) is 11.6. The third kappa shape index (κ3) is 5.51. The fourth-order valence-electron chi connectivity index (χ4n) is 3.23. The molecule has 32 heavy (non-hydrogen) atoms. The zero-order chi connectivity index (χ0) is 23.8. The fraction of sp³-hybridized carbons (Fsp3) is 0.400. The molecule has 1 aromatic heterocycles. The van der Waals surface area contributed by atoms with Gasteiger partial charge in [0, 0.05) is 38.9 Å². The number of nitrogens with zero attached hydrogens (tertiary/aromatic N) is 2. The number of alkyl halides is 3. The predicted octanol–water partition coefficient (Wildman–Crippen LogP) is 4.31.